The van der Waals surface area contributed by atoms with Gasteiger partial charge in [0.2, 0.25) is 5.91 Å². The minimum Gasteiger partial charge on any atom is -0.356 e. The second kappa shape index (κ2) is 8.87. The number of hydrogen-bond donors (Lipinski definition) is 1. The number of aryl methyl sites for hydroxylation is 1. The fourth-order valence-electron chi connectivity index (χ4n) is 2.56. The molecule has 0 aliphatic heterocycles. The minimum absolute atomic E-state index is 0.0306. The molecule has 4 nitrogen and oxygen atoms in total. The highest BCUT2D eigenvalue weighted by Crippen LogP contribution is 2.21. The summed E-state index contributed by atoms with van der Waals surface area (Å²) in [5.74, 6) is -0.0486. The zero-order valence-electron chi connectivity index (χ0n) is 14.5. The highest BCUT2D eigenvalue weighted by atomic mass is 32.1. The van der Waals surface area contributed by atoms with Gasteiger partial charge < -0.3 is 5.32 Å². The van der Waals surface area contributed by atoms with Crippen LogP contribution in [0.1, 0.15) is 33.1 Å². The summed E-state index contributed by atoms with van der Waals surface area (Å²) in [6.45, 7) is 2.57. The Hall–Kier alpha value is -2.31. The first-order valence-corrected chi connectivity index (χ1v) is 10.2. The Morgan fingerprint density at radius 3 is 2.54 bits per heavy atom. The van der Waals surface area contributed by atoms with E-state index in [1.807, 2.05) is 18.4 Å². The Morgan fingerprint density at radius 1 is 1.08 bits per heavy atom. The van der Waals surface area contributed by atoms with Crippen molar-refractivity contribution in [1.82, 2.24) is 10.3 Å². The molecule has 6 heteroatoms. The number of ketones is 1. The van der Waals surface area contributed by atoms with E-state index in [4.69, 9.17) is 0 Å². The van der Waals surface area contributed by atoms with E-state index < -0.39 is 0 Å². The largest absolute Gasteiger partial charge is 0.356 e. The lowest BCUT2D eigenvalue weighted by Gasteiger charge is -2.06. The van der Waals surface area contributed by atoms with Gasteiger partial charge in [0.15, 0.2) is 5.78 Å². The number of rotatable bonds is 8. The van der Waals surface area contributed by atoms with Crippen LogP contribution in [0.25, 0.3) is 11.3 Å². The van der Waals surface area contributed by atoms with Crippen LogP contribution in [-0.2, 0) is 11.2 Å². The van der Waals surface area contributed by atoms with Gasteiger partial charge in [0, 0.05) is 30.3 Å². The van der Waals surface area contributed by atoms with Crippen molar-refractivity contribution in [1.29, 1.82) is 0 Å². The predicted molar refractivity (Wildman–Crippen MR) is 107 cm³/mol. The quantitative estimate of drug-likeness (QED) is 0.582. The molecule has 0 unspecified atom stereocenters. The van der Waals surface area contributed by atoms with Crippen LogP contribution in [0.2, 0.25) is 0 Å². The van der Waals surface area contributed by atoms with Crippen LogP contribution >= 0.6 is 22.7 Å². The van der Waals surface area contributed by atoms with E-state index in [-0.39, 0.29) is 24.5 Å². The molecule has 0 saturated carbocycles. The standard InChI is InChI=1S/C20H20N2O2S2/c1-14-22-17(13-26-14)16-6-4-15(5-7-16)10-11-21-20(24)9-8-18(23)19-3-2-12-25-19/h2-7,12-13H,8-11H2,1H3,(H,21,24). The molecule has 134 valence electrons. The molecule has 3 rings (SSSR count). The molecule has 0 saturated heterocycles. The molecule has 0 aliphatic rings. The molecule has 3 aromatic rings. The van der Waals surface area contributed by atoms with E-state index >= 15 is 0 Å². The van der Waals surface area contributed by atoms with Gasteiger partial charge in [0.05, 0.1) is 15.6 Å². The Morgan fingerprint density at radius 2 is 1.88 bits per heavy atom. The van der Waals surface area contributed by atoms with Crippen LogP contribution in [-0.4, -0.2) is 23.2 Å². The van der Waals surface area contributed by atoms with Gasteiger partial charge in [-0.25, -0.2) is 4.98 Å². The molecule has 0 bridgehead atoms. The summed E-state index contributed by atoms with van der Waals surface area (Å²) in [5.41, 5.74) is 3.27. The number of amides is 1. The first-order chi connectivity index (χ1) is 12.6. The lowest BCUT2D eigenvalue weighted by molar-refractivity contribution is -0.121. The molecule has 0 radical (unpaired) electrons. The zero-order chi connectivity index (χ0) is 18.4. The lowest BCUT2D eigenvalue weighted by atomic mass is 10.1. The minimum atomic E-state index is -0.0792. The Kier molecular flexibility index (Phi) is 6.30. The second-order valence-electron chi connectivity index (χ2n) is 5.95. The van der Waals surface area contributed by atoms with Gasteiger partial charge in [-0.2, -0.15) is 0 Å². The first kappa shape index (κ1) is 18.5. The van der Waals surface area contributed by atoms with E-state index in [1.165, 1.54) is 11.3 Å². The summed E-state index contributed by atoms with van der Waals surface area (Å²) in [4.78, 5) is 29.0. The third-order valence-corrected chi connectivity index (χ3v) is 5.66. The van der Waals surface area contributed by atoms with E-state index in [9.17, 15) is 9.59 Å². The normalized spacial score (nSPS) is 10.7. The SMILES string of the molecule is Cc1nc(-c2ccc(CCNC(=O)CCC(=O)c3cccs3)cc2)cs1. The summed E-state index contributed by atoms with van der Waals surface area (Å²) in [7, 11) is 0. The molecule has 0 atom stereocenters. The molecule has 26 heavy (non-hydrogen) atoms. The number of hydrogen-bond acceptors (Lipinski definition) is 5. The molecular formula is C20H20N2O2S2. The van der Waals surface area contributed by atoms with Gasteiger partial charge in [-0.3, -0.25) is 9.59 Å². The third kappa shape index (κ3) is 5.09. The third-order valence-electron chi connectivity index (χ3n) is 3.98. The molecular weight excluding hydrogens is 364 g/mol. The van der Waals surface area contributed by atoms with Gasteiger partial charge in [0.1, 0.15) is 0 Å². The van der Waals surface area contributed by atoms with E-state index in [0.717, 1.165) is 28.2 Å². The van der Waals surface area contributed by atoms with Crippen LogP contribution in [0.4, 0.5) is 0 Å². The second-order valence-corrected chi connectivity index (χ2v) is 7.96. The first-order valence-electron chi connectivity index (χ1n) is 8.46. The van der Waals surface area contributed by atoms with Crippen molar-refractivity contribution in [3.05, 3.63) is 62.6 Å². The van der Waals surface area contributed by atoms with Gasteiger partial charge in [-0.1, -0.05) is 30.3 Å². The average molecular weight is 385 g/mol. The summed E-state index contributed by atoms with van der Waals surface area (Å²) in [6, 6.07) is 11.9. The Balaban J connectivity index is 1.40. The number of carbonyl (C=O) groups is 2. The molecule has 0 aliphatic carbocycles. The molecule has 1 aromatic carbocycles. The predicted octanol–water partition coefficient (Wildman–Crippen LogP) is 4.50. The zero-order valence-corrected chi connectivity index (χ0v) is 16.2. The number of thiazole rings is 1. The maximum atomic E-state index is 11.9. The Labute approximate surface area is 160 Å². The molecule has 0 spiro atoms. The van der Waals surface area contributed by atoms with Crippen molar-refractivity contribution in [3.8, 4) is 11.3 Å². The summed E-state index contributed by atoms with van der Waals surface area (Å²) in [6.07, 6.45) is 1.26. The molecule has 0 fully saturated rings. The smallest absolute Gasteiger partial charge is 0.220 e. The Bertz CT molecular complexity index is 868. The van der Waals surface area contributed by atoms with E-state index in [0.29, 0.717) is 11.4 Å². The van der Waals surface area contributed by atoms with Crippen molar-refractivity contribution >= 4 is 34.4 Å². The fourth-order valence-corrected chi connectivity index (χ4v) is 3.88. The van der Waals surface area contributed by atoms with Crippen LogP contribution in [0.5, 0.6) is 0 Å². The number of nitrogens with one attached hydrogen (secondary N) is 1. The summed E-state index contributed by atoms with van der Waals surface area (Å²) >= 11 is 3.06. The van der Waals surface area contributed by atoms with Crippen molar-refractivity contribution < 1.29 is 9.59 Å². The van der Waals surface area contributed by atoms with Crippen LogP contribution in [0.3, 0.4) is 0 Å². The summed E-state index contributed by atoms with van der Waals surface area (Å²) in [5, 5.41) is 7.87. The van der Waals surface area contributed by atoms with Gasteiger partial charge in [-0.15, -0.1) is 22.7 Å². The fraction of sp³-hybridized carbons (Fsp3) is 0.250. The van der Waals surface area contributed by atoms with Crippen LogP contribution in [0, 0.1) is 6.92 Å². The maximum absolute atomic E-state index is 11.9. The van der Waals surface area contributed by atoms with Crippen molar-refractivity contribution in [2.24, 2.45) is 0 Å². The van der Waals surface area contributed by atoms with Crippen molar-refractivity contribution in [3.63, 3.8) is 0 Å². The van der Waals surface area contributed by atoms with E-state index in [1.54, 1.807) is 17.4 Å². The van der Waals surface area contributed by atoms with Gasteiger partial charge in [0.25, 0.3) is 0 Å². The highest BCUT2D eigenvalue weighted by Gasteiger charge is 2.10. The highest BCUT2D eigenvalue weighted by molar-refractivity contribution is 7.12. The molecule has 2 heterocycles. The van der Waals surface area contributed by atoms with Crippen LogP contribution in [0.15, 0.2) is 47.2 Å². The van der Waals surface area contributed by atoms with Crippen molar-refractivity contribution in [2.45, 2.75) is 26.2 Å². The summed E-state index contributed by atoms with van der Waals surface area (Å²) < 4.78 is 0. The van der Waals surface area contributed by atoms with Gasteiger partial charge in [-0.05, 0) is 30.4 Å². The topological polar surface area (TPSA) is 59.1 Å². The van der Waals surface area contributed by atoms with Crippen LogP contribution < -0.4 is 5.32 Å². The number of carbonyl (C=O) groups excluding carboxylic acids is 2. The number of thiophene rings is 1. The monoisotopic (exact) mass is 384 g/mol. The lowest BCUT2D eigenvalue weighted by Crippen LogP contribution is -2.26. The number of benzene rings is 1. The molecule has 1 amide bonds. The van der Waals surface area contributed by atoms with E-state index in [2.05, 4.69) is 39.9 Å². The number of nitrogens with zero attached hydrogens (tertiary/aromatic N) is 1. The average Bonchev–Trinajstić information content (AvgIpc) is 3.32. The molecule has 2 aromatic heterocycles. The molecule has 1 N–H and O–H groups in total. The number of Topliss-reactive ketones (excluding diaryl/α,β-unsaturated/α-hetero) is 1. The van der Waals surface area contributed by atoms with Crippen molar-refractivity contribution in [2.75, 3.05) is 6.54 Å². The maximum Gasteiger partial charge on any atom is 0.220 e. The van der Waals surface area contributed by atoms with Gasteiger partial charge >= 0.3 is 0 Å². The number of aromatic nitrogens is 1.